The fourth-order valence-corrected chi connectivity index (χ4v) is 4.32. The van der Waals surface area contributed by atoms with Crippen LogP contribution in [0, 0.1) is 0 Å². The Bertz CT molecular complexity index is 1400. The summed E-state index contributed by atoms with van der Waals surface area (Å²) in [6, 6.07) is 23.9. The van der Waals surface area contributed by atoms with Crippen LogP contribution in [0.5, 0.6) is 5.75 Å². The van der Waals surface area contributed by atoms with E-state index in [-0.39, 0.29) is 5.56 Å². The van der Waals surface area contributed by atoms with Crippen molar-refractivity contribution in [2.75, 3.05) is 7.11 Å². The maximum atomic E-state index is 11.2. The third kappa shape index (κ3) is 4.36. The smallest absolute Gasteiger partial charge is 0.335 e. The molecule has 0 aliphatic carbocycles. The second kappa shape index (κ2) is 8.88. The highest BCUT2D eigenvalue weighted by Gasteiger charge is 2.17. The van der Waals surface area contributed by atoms with Gasteiger partial charge < -0.3 is 18.7 Å². The number of carboxylic acids is 1. The van der Waals surface area contributed by atoms with Crippen LogP contribution in [0.2, 0.25) is 0 Å². The fourth-order valence-electron chi connectivity index (χ4n) is 3.52. The Kier molecular flexibility index (Phi) is 5.62. The van der Waals surface area contributed by atoms with Crippen LogP contribution in [-0.2, 0) is 5.75 Å². The molecule has 0 radical (unpaired) electrons. The standard InChI is InChI=1S/C26H19NO5S/c1-30-20-6-4-5-18(13-20)23-14-19(15-33-26-27-21-7-2-3-8-22(21)32-26)24(31-23)16-9-11-17(12-10-16)25(28)29/h2-14H,15H2,1H3,(H,28,29). The molecule has 2 heterocycles. The van der Waals surface area contributed by atoms with Crippen molar-refractivity contribution in [2.24, 2.45) is 0 Å². The number of thioether (sulfide) groups is 1. The minimum Gasteiger partial charge on any atom is -0.497 e. The van der Waals surface area contributed by atoms with E-state index in [0.717, 1.165) is 33.5 Å². The van der Waals surface area contributed by atoms with E-state index in [1.165, 1.54) is 11.8 Å². The molecule has 0 atom stereocenters. The van der Waals surface area contributed by atoms with Gasteiger partial charge in [-0.05, 0) is 42.5 Å². The fraction of sp³-hybridized carbons (Fsp3) is 0.0769. The van der Waals surface area contributed by atoms with Gasteiger partial charge in [0.05, 0.1) is 12.7 Å². The summed E-state index contributed by atoms with van der Waals surface area (Å²) in [4.78, 5) is 15.8. The minimum absolute atomic E-state index is 0.223. The number of aromatic carboxylic acids is 1. The van der Waals surface area contributed by atoms with Gasteiger partial charge in [0.25, 0.3) is 5.22 Å². The monoisotopic (exact) mass is 457 g/mol. The minimum atomic E-state index is -0.968. The third-order valence-corrected chi connectivity index (χ3v) is 6.06. The molecule has 0 fully saturated rings. The molecule has 0 aliphatic heterocycles. The Labute approximate surface area is 193 Å². The van der Waals surface area contributed by atoms with E-state index in [1.807, 2.05) is 54.6 Å². The first-order valence-corrected chi connectivity index (χ1v) is 11.2. The van der Waals surface area contributed by atoms with Crippen molar-refractivity contribution in [3.63, 3.8) is 0 Å². The molecule has 0 spiro atoms. The van der Waals surface area contributed by atoms with Crippen LogP contribution in [0.15, 0.2) is 92.9 Å². The van der Waals surface area contributed by atoms with Crippen LogP contribution in [0.25, 0.3) is 33.7 Å². The number of furan rings is 1. The molecule has 3 aromatic carbocycles. The number of hydrogen-bond acceptors (Lipinski definition) is 6. The van der Waals surface area contributed by atoms with Crippen LogP contribution < -0.4 is 4.74 Å². The van der Waals surface area contributed by atoms with Crippen molar-refractivity contribution in [3.05, 3.63) is 90.0 Å². The third-order valence-electron chi connectivity index (χ3n) is 5.18. The van der Waals surface area contributed by atoms with Crippen LogP contribution in [0.3, 0.4) is 0 Å². The molecule has 5 rings (SSSR count). The number of benzene rings is 3. The second-order valence-electron chi connectivity index (χ2n) is 7.32. The van der Waals surface area contributed by atoms with Gasteiger partial charge in [0, 0.05) is 22.4 Å². The van der Waals surface area contributed by atoms with Crippen molar-refractivity contribution >= 4 is 28.8 Å². The zero-order valence-electron chi connectivity index (χ0n) is 17.6. The Morgan fingerprint density at radius 3 is 2.55 bits per heavy atom. The Balaban J connectivity index is 1.50. The van der Waals surface area contributed by atoms with Crippen molar-refractivity contribution in [3.8, 4) is 28.4 Å². The predicted molar refractivity (Wildman–Crippen MR) is 127 cm³/mol. The Morgan fingerprint density at radius 1 is 0.970 bits per heavy atom. The largest absolute Gasteiger partial charge is 0.497 e. The van der Waals surface area contributed by atoms with E-state index in [1.54, 1.807) is 31.4 Å². The average molecular weight is 458 g/mol. The summed E-state index contributed by atoms with van der Waals surface area (Å²) in [5, 5.41) is 9.79. The normalized spacial score (nSPS) is 11.1. The SMILES string of the molecule is COc1cccc(-c2cc(CSc3nc4ccccc4o3)c(-c3ccc(C(=O)O)cc3)o2)c1. The highest BCUT2D eigenvalue weighted by Crippen LogP contribution is 2.37. The summed E-state index contributed by atoms with van der Waals surface area (Å²) in [5.74, 6) is 1.70. The molecular weight excluding hydrogens is 438 g/mol. The quantitative estimate of drug-likeness (QED) is 0.270. The molecular formula is C26H19NO5S. The predicted octanol–water partition coefficient (Wildman–Crippen LogP) is 6.75. The van der Waals surface area contributed by atoms with Crippen molar-refractivity contribution in [2.45, 2.75) is 11.0 Å². The van der Waals surface area contributed by atoms with Gasteiger partial charge in [0.15, 0.2) is 5.58 Å². The molecule has 33 heavy (non-hydrogen) atoms. The first kappa shape index (κ1) is 20.9. The Hall–Kier alpha value is -3.97. The van der Waals surface area contributed by atoms with Gasteiger partial charge in [-0.3, -0.25) is 0 Å². The number of methoxy groups -OCH3 is 1. The molecule has 0 aliphatic rings. The lowest BCUT2D eigenvalue weighted by atomic mass is 10.1. The molecule has 6 nitrogen and oxygen atoms in total. The molecule has 0 unspecified atom stereocenters. The van der Waals surface area contributed by atoms with Crippen LogP contribution >= 0.6 is 11.8 Å². The van der Waals surface area contributed by atoms with Gasteiger partial charge in [0.1, 0.15) is 22.8 Å². The first-order valence-electron chi connectivity index (χ1n) is 10.2. The molecule has 7 heteroatoms. The number of fused-ring (bicyclic) bond motifs is 1. The van der Waals surface area contributed by atoms with E-state index in [4.69, 9.17) is 13.6 Å². The van der Waals surface area contributed by atoms with E-state index < -0.39 is 5.97 Å². The van der Waals surface area contributed by atoms with Crippen LogP contribution in [0.4, 0.5) is 0 Å². The van der Waals surface area contributed by atoms with Gasteiger partial charge >= 0.3 is 5.97 Å². The molecule has 164 valence electrons. The lowest BCUT2D eigenvalue weighted by Crippen LogP contribution is -1.95. The zero-order valence-corrected chi connectivity index (χ0v) is 18.5. The summed E-state index contributed by atoms with van der Waals surface area (Å²) in [7, 11) is 1.62. The van der Waals surface area contributed by atoms with E-state index in [9.17, 15) is 9.90 Å². The average Bonchev–Trinajstić information content (AvgIpc) is 3.47. The van der Waals surface area contributed by atoms with Crippen LogP contribution in [-0.4, -0.2) is 23.2 Å². The summed E-state index contributed by atoms with van der Waals surface area (Å²) in [5.41, 5.74) is 4.41. The Morgan fingerprint density at radius 2 is 1.79 bits per heavy atom. The molecule has 0 saturated carbocycles. The molecule has 0 saturated heterocycles. The second-order valence-corrected chi connectivity index (χ2v) is 8.24. The number of rotatable bonds is 7. The number of para-hydroxylation sites is 2. The molecule has 0 amide bonds. The first-order chi connectivity index (χ1) is 16.1. The summed E-state index contributed by atoms with van der Waals surface area (Å²) >= 11 is 1.48. The lowest BCUT2D eigenvalue weighted by Gasteiger charge is -2.03. The van der Waals surface area contributed by atoms with Crippen molar-refractivity contribution < 1.29 is 23.5 Å². The summed E-state index contributed by atoms with van der Waals surface area (Å²) < 4.78 is 17.5. The maximum Gasteiger partial charge on any atom is 0.335 e. The van der Waals surface area contributed by atoms with E-state index in [0.29, 0.717) is 22.5 Å². The van der Waals surface area contributed by atoms with Crippen molar-refractivity contribution in [1.82, 2.24) is 4.98 Å². The highest BCUT2D eigenvalue weighted by atomic mass is 32.2. The number of hydrogen-bond donors (Lipinski definition) is 1. The summed E-state index contributed by atoms with van der Waals surface area (Å²) in [6.07, 6.45) is 0. The van der Waals surface area contributed by atoms with Crippen molar-refractivity contribution in [1.29, 1.82) is 0 Å². The van der Waals surface area contributed by atoms with E-state index in [2.05, 4.69) is 4.98 Å². The number of nitrogens with zero attached hydrogens (tertiary/aromatic N) is 1. The number of ether oxygens (including phenoxy) is 1. The number of carbonyl (C=O) groups is 1. The van der Waals surface area contributed by atoms with Crippen LogP contribution in [0.1, 0.15) is 15.9 Å². The van der Waals surface area contributed by atoms with Gasteiger partial charge in [-0.2, -0.15) is 0 Å². The van der Waals surface area contributed by atoms with Gasteiger partial charge in [-0.25, -0.2) is 9.78 Å². The number of carboxylic acid groups (broad SMARTS) is 1. The van der Waals surface area contributed by atoms with Gasteiger partial charge in [-0.15, -0.1) is 0 Å². The lowest BCUT2D eigenvalue weighted by molar-refractivity contribution is 0.0697. The van der Waals surface area contributed by atoms with Gasteiger partial charge in [-0.1, -0.05) is 48.2 Å². The number of oxazole rings is 1. The topological polar surface area (TPSA) is 85.7 Å². The number of aromatic nitrogens is 1. The molecule has 1 N–H and O–H groups in total. The van der Waals surface area contributed by atoms with Gasteiger partial charge in [0.2, 0.25) is 0 Å². The maximum absolute atomic E-state index is 11.2. The molecule has 2 aromatic heterocycles. The highest BCUT2D eigenvalue weighted by molar-refractivity contribution is 7.98. The molecule has 0 bridgehead atoms. The van der Waals surface area contributed by atoms with E-state index >= 15 is 0 Å². The summed E-state index contributed by atoms with van der Waals surface area (Å²) in [6.45, 7) is 0. The zero-order chi connectivity index (χ0) is 22.8. The molecule has 5 aromatic rings.